The van der Waals surface area contributed by atoms with E-state index in [1.54, 1.807) is 6.07 Å². The van der Waals surface area contributed by atoms with Crippen molar-refractivity contribution in [2.75, 3.05) is 16.5 Å². The first-order valence-corrected chi connectivity index (χ1v) is 13.7. The molecule has 14 heteroatoms. The van der Waals surface area contributed by atoms with Gasteiger partial charge in [-0.3, -0.25) is 5.01 Å². The van der Waals surface area contributed by atoms with Gasteiger partial charge >= 0.3 is 12.4 Å². The molecule has 1 aliphatic heterocycles. The summed E-state index contributed by atoms with van der Waals surface area (Å²) < 4.78 is 107. The molecule has 0 radical (unpaired) electrons. The van der Waals surface area contributed by atoms with Crippen LogP contribution >= 0.6 is 11.6 Å². The van der Waals surface area contributed by atoms with Gasteiger partial charge in [0.15, 0.2) is 9.84 Å². The van der Waals surface area contributed by atoms with Crippen LogP contribution in [-0.2, 0) is 9.84 Å². The van der Waals surface area contributed by atoms with E-state index in [-0.39, 0.29) is 32.6 Å². The van der Waals surface area contributed by atoms with Crippen molar-refractivity contribution in [3.8, 4) is 11.1 Å². The van der Waals surface area contributed by atoms with Crippen molar-refractivity contribution in [3.05, 3.63) is 77.3 Å². The smallest absolute Gasteiger partial charge is 0.398 e. The topological polar surface area (TPSA) is 96.0 Å². The third-order valence-corrected chi connectivity index (χ3v) is 8.64. The summed E-state index contributed by atoms with van der Waals surface area (Å²) in [7, 11) is -3.53. The van der Waals surface area contributed by atoms with Crippen LogP contribution in [0.1, 0.15) is 24.9 Å². The molecule has 1 atom stereocenters. The summed E-state index contributed by atoms with van der Waals surface area (Å²) >= 11 is 6.21. The Morgan fingerprint density at radius 2 is 1.65 bits per heavy atom. The molecule has 0 aromatic heterocycles. The minimum absolute atomic E-state index is 0.00130. The van der Waals surface area contributed by atoms with Crippen molar-refractivity contribution in [2.24, 2.45) is 5.10 Å². The Hall–Kier alpha value is -3.29. The molecule has 4 rings (SSSR count). The van der Waals surface area contributed by atoms with Crippen molar-refractivity contribution < 1.29 is 39.9 Å². The number of alkyl halides is 6. The summed E-state index contributed by atoms with van der Waals surface area (Å²) in [6.07, 6.45) is -13.2. The molecule has 1 unspecified atom stereocenters. The maximum absolute atomic E-state index is 13.7. The van der Waals surface area contributed by atoms with Gasteiger partial charge in [-0.25, -0.2) is 8.42 Å². The quantitative estimate of drug-likeness (QED) is 0.246. The number of aliphatic hydroxyl groups is 1. The van der Waals surface area contributed by atoms with Crippen LogP contribution in [0, 0.1) is 0 Å². The largest absolute Gasteiger partial charge is 0.431 e. The van der Waals surface area contributed by atoms with Gasteiger partial charge in [0.2, 0.25) is 0 Å². The van der Waals surface area contributed by atoms with Crippen LogP contribution in [0.2, 0.25) is 5.02 Å². The Kier molecular flexibility index (Phi) is 7.63. The summed E-state index contributed by atoms with van der Waals surface area (Å²) in [5, 5.41) is 14.5. The van der Waals surface area contributed by atoms with Gasteiger partial charge in [-0.15, -0.1) is 0 Å². The monoisotopic (exact) mass is 605 g/mol. The van der Waals surface area contributed by atoms with E-state index in [2.05, 4.69) is 5.10 Å². The number of nitrogen functional groups attached to an aromatic ring is 1. The van der Waals surface area contributed by atoms with E-state index in [1.807, 2.05) is 0 Å². The van der Waals surface area contributed by atoms with Crippen molar-refractivity contribution in [1.29, 1.82) is 0 Å². The zero-order valence-electron chi connectivity index (χ0n) is 20.6. The summed E-state index contributed by atoms with van der Waals surface area (Å²) in [6, 6.07) is 14.7. The van der Waals surface area contributed by atoms with Gasteiger partial charge in [-0.1, -0.05) is 54.9 Å². The molecule has 1 heterocycles. The predicted octanol–water partition coefficient (Wildman–Crippen LogP) is 6.55. The fraction of sp³-hybridized carbons (Fsp3) is 0.269. The number of rotatable bonds is 6. The molecule has 0 saturated heterocycles. The first-order chi connectivity index (χ1) is 18.5. The normalized spacial score (nSPS) is 16.8. The molecule has 0 amide bonds. The number of nitrogens with two attached hydrogens (primary N) is 1. The van der Waals surface area contributed by atoms with E-state index in [0.29, 0.717) is 11.1 Å². The number of anilines is 2. The van der Waals surface area contributed by atoms with Crippen molar-refractivity contribution in [1.82, 2.24) is 0 Å². The lowest BCUT2D eigenvalue weighted by Gasteiger charge is -2.32. The highest BCUT2D eigenvalue weighted by Crippen LogP contribution is 2.49. The second-order valence-electron chi connectivity index (χ2n) is 9.05. The Morgan fingerprint density at radius 3 is 2.23 bits per heavy atom. The zero-order chi connectivity index (χ0) is 29.7. The molecule has 0 aliphatic carbocycles. The van der Waals surface area contributed by atoms with Gasteiger partial charge in [0.1, 0.15) is 0 Å². The molecule has 0 spiro atoms. The van der Waals surface area contributed by atoms with Crippen molar-refractivity contribution in [2.45, 2.75) is 42.2 Å². The Bertz CT molecular complexity index is 1560. The van der Waals surface area contributed by atoms with Gasteiger partial charge in [0.25, 0.3) is 5.60 Å². The first kappa shape index (κ1) is 29.7. The Labute approximate surface area is 230 Å². The van der Waals surface area contributed by atoms with Crippen LogP contribution in [0.4, 0.5) is 37.7 Å². The van der Waals surface area contributed by atoms with E-state index in [9.17, 15) is 39.9 Å². The van der Waals surface area contributed by atoms with Crippen molar-refractivity contribution >= 4 is 38.5 Å². The molecular weight excluding hydrogens is 584 g/mol. The van der Waals surface area contributed by atoms with Gasteiger partial charge < -0.3 is 10.8 Å². The number of benzene rings is 3. The second-order valence-corrected chi connectivity index (χ2v) is 11.7. The van der Waals surface area contributed by atoms with Gasteiger partial charge in [-0.2, -0.15) is 31.4 Å². The van der Waals surface area contributed by atoms with Gasteiger partial charge in [-0.05, 0) is 41.5 Å². The molecule has 3 N–H and O–H groups in total. The number of hydrogen-bond donors (Lipinski definition) is 2. The molecular formula is C26H22ClF6N3O3S. The van der Waals surface area contributed by atoms with E-state index in [4.69, 9.17) is 17.3 Å². The highest BCUT2D eigenvalue weighted by molar-refractivity contribution is 7.91. The number of sulfone groups is 1. The van der Waals surface area contributed by atoms with Crippen LogP contribution < -0.4 is 10.7 Å². The highest BCUT2D eigenvalue weighted by Gasteiger charge is 2.74. The zero-order valence-corrected chi connectivity index (χ0v) is 22.2. The Balaban J connectivity index is 1.81. The number of hydrazone groups is 1. The molecule has 214 valence electrons. The summed E-state index contributed by atoms with van der Waals surface area (Å²) in [5.41, 5.74) is 0.589. The third kappa shape index (κ3) is 5.13. The number of hydrogen-bond acceptors (Lipinski definition) is 6. The SMILES string of the molecule is CCS(=O)(=O)c1cccc(-c2ccc(C3CC(C(O)(C(F)(F)F)C(F)(F)F)=NN3c3ccccc3Cl)cc2N)c1. The van der Waals surface area contributed by atoms with Gasteiger partial charge in [0.05, 0.1) is 33.1 Å². The van der Waals surface area contributed by atoms with E-state index in [1.165, 1.54) is 67.6 Å². The van der Waals surface area contributed by atoms with E-state index in [0.717, 1.165) is 5.01 Å². The molecule has 6 nitrogen and oxygen atoms in total. The molecule has 0 bridgehead atoms. The minimum Gasteiger partial charge on any atom is -0.398 e. The van der Waals surface area contributed by atoms with Crippen LogP contribution in [0.5, 0.6) is 0 Å². The highest BCUT2D eigenvalue weighted by atomic mass is 35.5. The predicted molar refractivity (Wildman–Crippen MR) is 140 cm³/mol. The first-order valence-electron chi connectivity index (χ1n) is 11.7. The van der Waals surface area contributed by atoms with Crippen LogP contribution in [0.3, 0.4) is 0 Å². The molecule has 0 saturated carbocycles. The average molecular weight is 606 g/mol. The molecule has 1 aliphatic rings. The molecule has 40 heavy (non-hydrogen) atoms. The van der Waals surface area contributed by atoms with E-state index < -0.39 is 46.0 Å². The number of nitrogens with zero attached hydrogens (tertiary/aromatic N) is 2. The summed E-state index contributed by atoms with van der Waals surface area (Å²) in [5.74, 6) is -0.130. The molecule has 3 aromatic carbocycles. The van der Waals surface area contributed by atoms with Crippen LogP contribution in [0.25, 0.3) is 11.1 Å². The lowest BCUT2D eigenvalue weighted by atomic mass is 9.89. The van der Waals surface area contributed by atoms with Crippen molar-refractivity contribution in [3.63, 3.8) is 0 Å². The number of para-hydroxylation sites is 1. The third-order valence-electron chi connectivity index (χ3n) is 6.59. The standard InChI is InChI=1S/C26H22ClF6N3O3S/c1-2-40(38,39)17-7-5-6-15(12-17)18-11-10-16(13-20(18)34)22-14-23(24(37,25(28,29)30)26(31,32)33)35-36(22)21-9-4-3-8-19(21)27/h3-13,22,37H,2,14,34H2,1H3. The fourth-order valence-corrected chi connectivity index (χ4v) is 5.56. The maximum atomic E-state index is 13.7. The summed E-state index contributed by atoms with van der Waals surface area (Å²) in [4.78, 5) is 0.0632. The lowest BCUT2D eigenvalue weighted by molar-refractivity contribution is -0.338. The lowest BCUT2D eigenvalue weighted by Crippen LogP contribution is -2.62. The summed E-state index contributed by atoms with van der Waals surface area (Å²) in [6.45, 7) is 1.49. The molecule has 3 aromatic rings. The Morgan fingerprint density at radius 1 is 1.00 bits per heavy atom. The van der Waals surface area contributed by atoms with E-state index >= 15 is 0 Å². The maximum Gasteiger partial charge on any atom is 0.431 e. The fourth-order valence-electron chi connectivity index (χ4n) is 4.41. The number of halogens is 7. The molecule has 0 fully saturated rings. The van der Waals surface area contributed by atoms with Gasteiger partial charge in [0, 0.05) is 17.7 Å². The van der Waals surface area contributed by atoms with Crippen LogP contribution in [0.15, 0.2) is 76.7 Å². The van der Waals surface area contributed by atoms with Crippen LogP contribution in [-0.4, -0.2) is 42.9 Å². The average Bonchev–Trinajstić information content (AvgIpc) is 3.32. The minimum atomic E-state index is -6.11. The second kappa shape index (κ2) is 10.3.